The summed E-state index contributed by atoms with van der Waals surface area (Å²) in [5.41, 5.74) is -0.768. The van der Waals surface area contributed by atoms with E-state index in [0.29, 0.717) is 13.0 Å². The number of carbonyl (C=O) groups is 1. The molecule has 9 nitrogen and oxygen atoms in total. The molecule has 0 aliphatic rings. The summed E-state index contributed by atoms with van der Waals surface area (Å²) in [5, 5.41) is 12.7. The number of hydrogen-bond donors (Lipinski definition) is 2. The lowest BCUT2D eigenvalue weighted by molar-refractivity contribution is -0.121. The van der Waals surface area contributed by atoms with Crippen molar-refractivity contribution < 1.29 is 9.90 Å². The number of aliphatic hydroxyl groups is 1. The van der Waals surface area contributed by atoms with Gasteiger partial charge in [0, 0.05) is 20.6 Å². The summed E-state index contributed by atoms with van der Waals surface area (Å²) in [6.45, 7) is 6.03. The van der Waals surface area contributed by atoms with E-state index in [2.05, 4.69) is 10.3 Å². The van der Waals surface area contributed by atoms with E-state index >= 15 is 0 Å². The van der Waals surface area contributed by atoms with E-state index in [1.165, 1.54) is 29.6 Å². The van der Waals surface area contributed by atoms with Crippen molar-refractivity contribution in [3.8, 4) is 0 Å². The van der Waals surface area contributed by atoms with Crippen LogP contribution in [0.25, 0.3) is 11.2 Å². The smallest absolute Gasteiger partial charge is 0.332 e. The van der Waals surface area contributed by atoms with Crippen molar-refractivity contribution in [2.75, 3.05) is 6.54 Å². The molecule has 138 valence electrons. The minimum Gasteiger partial charge on any atom is -0.393 e. The second-order valence-electron chi connectivity index (χ2n) is 7.27. The third-order valence-electron chi connectivity index (χ3n) is 4.27. The Morgan fingerprint density at radius 3 is 2.52 bits per heavy atom. The maximum absolute atomic E-state index is 12.3. The first-order valence-electron chi connectivity index (χ1n) is 8.09. The van der Waals surface area contributed by atoms with Gasteiger partial charge in [-0.25, -0.2) is 9.78 Å². The third kappa shape index (κ3) is 3.81. The molecule has 0 aliphatic heterocycles. The minimum atomic E-state index is -0.524. The number of imidazole rings is 1. The van der Waals surface area contributed by atoms with Gasteiger partial charge >= 0.3 is 5.69 Å². The zero-order valence-electron chi connectivity index (χ0n) is 15.2. The maximum Gasteiger partial charge on any atom is 0.332 e. The molecule has 2 aromatic rings. The molecule has 9 heteroatoms. The van der Waals surface area contributed by atoms with Crippen LogP contribution >= 0.6 is 0 Å². The number of rotatable bonds is 5. The number of nitrogens with zero attached hydrogens (tertiary/aromatic N) is 4. The first-order valence-corrected chi connectivity index (χ1v) is 8.09. The van der Waals surface area contributed by atoms with Gasteiger partial charge in [0.15, 0.2) is 11.2 Å². The summed E-state index contributed by atoms with van der Waals surface area (Å²) in [7, 11) is 2.91. The average molecular weight is 351 g/mol. The lowest BCUT2D eigenvalue weighted by Crippen LogP contribution is -2.38. The van der Waals surface area contributed by atoms with Crippen molar-refractivity contribution in [3.63, 3.8) is 0 Å². The standard InChI is InChI=1S/C16H25N5O4/c1-16(2,3)10(22)6-7-17-11(23)8-21-9-18-13-12(21)14(24)20(5)15(25)19(13)4/h9-10,22H,6-8H2,1-5H3,(H,17,23). The van der Waals surface area contributed by atoms with Crippen molar-refractivity contribution in [1.82, 2.24) is 24.0 Å². The summed E-state index contributed by atoms with van der Waals surface area (Å²) in [6.07, 6.45) is 1.29. The van der Waals surface area contributed by atoms with E-state index in [1.54, 1.807) is 0 Å². The van der Waals surface area contributed by atoms with Crippen molar-refractivity contribution in [3.05, 3.63) is 27.2 Å². The Balaban J connectivity index is 2.12. The Hall–Kier alpha value is -2.42. The lowest BCUT2D eigenvalue weighted by Gasteiger charge is -2.25. The molecule has 0 saturated heterocycles. The number of hydrogen-bond acceptors (Lipinski definition) is 5. The Morgan fingerprint density at radius 1 is 1.28 bits per heavy atom. The van der Waals surface area contributed by atoms with Gasteiger partial charge in [0.25, 0.3) is 5.56 Å². The van der Waals surface area contributed by atoms with Gasteiger partial charge in [-0.3, -0.25) is 18.7 Å². The van der Waals surface area contributed by atoms with Crippen LogP contribution in [0.2, 0.25) is 0 Å². The Bertz CT molecular complexity index is 900. The minimum absolute atomic E-state index is 0.0877. The monoisotopic (exact) mass is 351 g/mol. The first-order chi connectivity index (χ1) is 11.5. The van der Waals surface area contributed by atoms with E-state index in [0.717, 1.165) is 4.57 Å². The number of carbonyl (C=O) groups excluding carboxylic acids is 1. The second kappa shape index (κ2) is 6.83. The van der Waals surface area contributed by atoms with Gasteiger partial charge in [0.05, 0.1) is 12.4 Å². The fourth-order valence-electron chi connectivity index (χ4n) is 2.51. The molecule has 2 aromatic heterocycles. The zero-order valence-corrected chi connectivity index (χ0v) is 15.2. The molecule has 0 aliphatic carbocycles. The molecule has 0 spiro atoms. The van der Waals surface area contributed by atoms with Crippen LogP contribution in [-0.2, 0) is 25.4 Å². The first kappa shape index (κ1) is 18.9. The average Bonchev–Trinajstić information content (AvgIpc) is 2.93. The van der Waals surface area contributed by atoms with Gasteiger partial charge in [-0.2, -0.15) is 0 Å². The molecule has 25 heavy (non-hydrogen) atoms. The summed E-state index contributed by atoms with van der Waals surface area (Å²) < 4.78 is 3.68. The normalized spacial score (nSPS) is 13.2. The summed E-state index contributed by atoms with van der Waals surface area (Å²) in [4.78, 5) is 40.4. The summed E-state index contributed by atoms with van der Waals surface area (Å²) in [5.74, 6) is -0.295. The van der Waals surface area contributed by atoms with Crippen LogP contribution in [0.1, 0.15) is 27.2 Å². The molecule has 1 unspecified atom stereocenters. The van der Waals surface area contributed by atoms with E-state index in [9.17, 15) is 19.5 Å². The van der Waals surface area contributed by atoms with Crippen molar-refractivity contribution in [2.24, 2.45) is 19.5 Å². The lowest BCUT2D eigenvalue weighted by atomic mass is 9.87. The highest BCUT2D eigenvalue weighted by Gasteiger charge is 2.22. The third-order valence-corrected chi connectivity index (χ3v) is 4.27. The number of aliphatic hydroxyl groups excluding tert-OH is 1. The molecule has 0 radical (unpaired) electrons. The number of aryl methyl sites for hydroxylation is 1. The predicted molar refractivity (Wildman–Crippen MR) is 93.3 cm³/mol. The van der Waals surface area contributed by atoms with Crippen molar-refractivity contribution in [1.29, 1.82) is 0 Å². The van der Waals surface area contributed by atoms with Crippen molar-refractivity contribution in [2.45, 2.75) is 39.8 Å². The van der Waals surface area contributed by atoms with Gasteiger partial charge < -0.3 is 15.0 Å². The van der Waals surface area contributed by atoms with Crippen LogP contribution in [0, 0.1) is 5.41 Å². The summed E-state index contributed by atoms with van der Waals surface area (Å²) in [6, 6.07) is 0. The molecule has 0 fully saturated rings. The van der Waals surface area contributed by atoms with E-state index < -0.39 is 17.4 Å². The van der Waals surface area contributed by atoms with Crippen LogP contribution in [0.3, 0.4) is 0 Å². The zero-order chi connectivity index (χ0) is 18.9. The highest BCUT2D eigenvalue weighted by Crippen LogP contribution is 2.20. The van der Waals surface area contributed by atoms with Crippen LogP contribution in [0.4, 0.5) is 0 Å². The number of aromatic nitrogens is 4. The Labute approximate surface area is 144 Å². The van der Waals surface area contributed by atoms with Gasteiger partial charge in [-0.15, -0.1) is 0 Å². The van der Waals surface area contributed by atoms with Gasteiger partial charge in [0.2, 0.25) is 5.91 Å². The second-order valence-corrected chi connectivity index (χ2v) is 7.27. The van der Waals surface area contributed by atoms with Crippen LogP contribution in [0.15, 0.2) is 15.9 Å². The van der Waals surface area contributed by atoms with Crippen molar-refractivity contribution >= 4 is 17.1 Å². The molecular formula is C16H25N5O4. The molecule has 2 heterocycles. The van der Waals surface area contributed by atoms with Crippen LogP contribution in [0.5, 0.6) is 0 Å². The maximum atomic E-state index is 12.3. The highest BCUT2D eigenvalue weighted by molar-refractivity contribution is 5.78. The van der Waals surface area contributed by atoms with E-state index in [-0.39, 0.29) is 29.0 Å². The van der Waals surface area contributed by atoms with E-state index in [4.69, 9.17) is 0 Å². The Kier molecular flexibility index (Phi) is 5.17. The summed E-state index contributed by atoms with van der Waals surface area (Å²) >= 11 is 0. The largest absolute Gasteiger partial charge is 0.393 e. The quantitative estimate of drug-likeness (QED) is 0.743. The Morgan fingerprint density at radius 2 is 1.92 bits per heavy atom. The topological polar surface area (TPSA) is 111 Å². The molecule has 1 atom stereocenters. The molecule has 1 amide bonds. The molecular weight excluding hydrogens is 326 g/mol. The number of nitrogens with one attached hydrogen (secondary N) is 1. The molecule has 0 saturated carbocycles. The molecule has 0 aromatic carbocycles. The predicted octanol–water partition coefficient (Wildman–Crippen LogP) is -0.653. The van der Waals surface area contributed by atoms with Gasteiger partial charge in [0.1, 0.15) is 6.54 Å². The van der Waals surface area contributed by atoms with Gasteiger partial charge in [-0.05, 0) is 11.8 Å². The molecule has 0 bridgehead atoms. The van der Waals surface area contributed by atoms with Crippen LogP contribution in [-0.4, -0.2) is 42.3 Å². The van der Waals surface area contributed by atoms with Crippen LogP contribution < -0.4 is 16.6 Å². The van der Waals surface area contributed by atoms with Gasteiger partial charge in [-0.1, -0.05) is 20.8 Å². The molecule has 2 rings (SSSR count). The van der Waals surface area contributed by atoms with E-state index in [1.807, 2.05) is 20.8 Å². The highest BCUT2D eigenvalue weighted by atomic mass is 16.3. The molecule has 2 N–H and O–H groups in total. The SMILES string of the molecule is Cn1c(=O)c2c(ncn2CC(=O)NCCC(O)C(C)(C)C)n(C)c1=O. The fraction of sp³-hybridized carbons (Fsp3) is 0.625. The fourth-order valence-corrected chi connectivity index (χ4v) is 2.51. The number of amides is 1. The number of fused-ring (bicyclic) bond motifs is 1.